The molecule has 0 amide bonds. The van der Waals surface area contributed by atoms with E-state index in [4.69, 9.17) is 9.84 Å². The molecule has 0 unspecified atom stereocenters. The Balaban J connectivity index is 2.50. The molecule has 7 heteroatoms. The lowest BCUT2D eigenvalue weighted by atomic mass is 10.5. The standard InChI is InChI=1S/C7H13NO5S/c9-7(10)1-6-14(11,12)8-2-4-13-5-3-8/h1-6H2,(H,9,10). The Labute approximate surface area is 82.5 Å². The maximum Gasteiger partial charge on any atom is 0.304 e. The summed E-state index contributed by atoms with van der Waals surface area (Å²) in [4.78, 5) is 10.2. The normalized spacial score (nSPS) is 19.4. The monoisotopic (exact) mass is 223 g/mol. The summed E-state index contributed by atoms with van der Waals surface area (Å²) in [6.45, 7) is 1.41. The summed E-state index contributed by atoms with van der Waals surface area (Å²) in [5.41, 5.74) is 0. The molecule has 1 saturated heterocycles. The van der Waals surface area contributed by atoms with Crippen LogP contribution in [0.3, 0.4) is 0 Å². The van der Waals surface area contributed by atoms with Crippen LogP contribution in [-0.2, 0) is 19.6 Å². The van der Waals surface area contributed by atoms with Gasteiger partial charge in [0.2, 0.25) is 10.0 Å². The van der Waals surface area contributed by atoms with Gasteiger partial charge in [0.05, 0.1) is 25.4 Å². The molecule has 0 radical (unpaired) electrons. The van der Waals surface area contributed by atoms with Gasteiger partial charge in [-0.05, 0) is 0 Å². The summed E-state index contributed by atoms with van der Waals surface area (Å²) < 4.78 is 29.3. The highest BCUT2D eigenvalue weighted by Crippen LogP contribution is 2.06. The van der Waals surface area contributed by atoms with E-state index in [9.17, 15) is 13.2 Å². The average Bonchev–Trinajstić information content (AvgIpc) is 2.16. The molecule has 0 spiro atoms. The lowest BCUT2D eigenvalue weighted by molar-refractivity contribution is -0.136. The molecule has 14 heavy (non-hydrogen) atoms. The molecule has 6 nitrogen and oxygen atoms in total. The molecule has 0 saturated carbocycles. The number of ether oxygens (including phenoxy) is 1. The zero-order chi connectivity index (χ0) is 10.6. The lowest BCUT2D eigenvalue weighted by Crippen LogP contribution is -2.42. The average molecular weight is 223 g/mol. The van der Waals surface area contributed by atoms with Crippen LogP contribution in [0.1, 0.15) is 6.42 Å². The zero-order valence-electron chi connectivity index (χ0n) is 7.68. The van der Waals surface area contributed by atoms with E-state index in [-0.39, 0.29) is 12.2 Å². The Morgan fingerprint density at radius 1 is 1.36 bits per heavy atom. The van der Waals surface area contributed by atoms with Gasteiger partial charge in [0.25, 0.3) is 0 Å². The van der Waals surface area contributed by atoms with E-state index in [1.165, 1.54) is 4.31 Å². The number of sulfonamides is 1. The second-order valence-electron chi connectivity index (χ2n) is 2.97. The highest BCUT2D eigenvalue weighted by atomic mass is 32.2. The Morgan fingerprint density at radius 3 is 2.43 bits per heavy atom. The molecule has 0 aliphatic carbocycles. The number of carbonyl (C=O) groups is 1. The molecule has 0 aromatic heterocycles. The van der Waals surface area contributed by atoms with Crippen molar-refractivity contribution in [3.05, 3.63) is 0 Å². The minimum atomic E-state index is -3.41. The van der Waals surface area contributed by atoms with Gasteiger partial charge < -0.3 is 9.84 Å². The van der Waals surface area contributed by atoms with E-state index < -0.39 is 16.0 Å². The summed E-state index contributed by atoms with van der Waals surface area (Å²) >= 11 is 0. The molecule has 1 rings (SSSR count). The van der Waals surface area contributed by atoms with Gasteiger partial charge in [-0.15, -0.1) is 0 Å². The molecule has 0 bridgehead atoms. The fraction of sp³-hybridized carbons (Fsp3) is 0.857. The lowest BCUT2D eigenvalue weighted by Gasteiger charge is -2.25. The molecule has 0 atom stereocenters. The Bertz CT molecular complexity index is 293. The summed E-state index contributed by atoms with van der Waals surface area (Å²) in [6.07, 6.45) is -0.348. The van der Waals surface area contributed by atoms with Crippen LogP contribution >= 0.6 is 0 Å². The van der Waals surface area contributed by atoms with Gasteiger partial charge in [-0.3, -0.25) is 4.79 Å². The zero-order valence-corrected chi connectivity index (χ0v) is 8.49. The van der Waals surface area contributed by atoms with E-state index in [2.05, 4.69) is 0 Å². The van der Waals surface area contributed by atoms with E-state index >= 15 is 0 Å². The van der Waals surface area contributed by atoms with Crippen LogP contribution in [0.25, 0.3) is 0 Å². The second kappa shape index (κ2) is 4.72. The Morgan fingerprint density at radius 2 is 1.93 bits per heavy atom. The molecule has 1 fully saturated rings. The van der Waals surface area contributed by atoms with Crippen LogP contribution in [0.5, 0.6) is 0 Å². The van der Waals surface area contributed by atoms with Crippen LogP contribution in [0.4, 0.5) is 0 Å². The largest absolute Gasteiger partial charge is 0.481 e. The number of rotatable bonds is 4. The van der Waals surface area contributed by atoms with Crippen molar-refractivity contribution < 1.29 is 23.1 Å². The van der Waals surface area contributed by atoms with Crippen molar-refractivity contribution in [3.8, 4) is 0 Å². The molecular formula is C7H13NO5S. The predicted octanol–water partition coefficient (Wildman–Crippen LogP) is -0.877. The topological polar surface area (TPSA) is 83.9 Å². The van der Waals surface area contributed by atoms with Gasteiger partial charge in [0.1, 0.15) is 0 Å². The van der Waals surface area contributed by atoms with Crippen molar-refractivity contribution in [2.45, 2.75) is 6.42 Å². The van der Waals surface area contributed by atoms with Gasteiger partial charge in [-0.2, -0.15) is 4.31 Å². The van der Waals surface area contributed by atoms with Gasteiger partial charge >= 0.3 is 5.97 Å². The van der Waals surface area contributed by atoms with Crippen molar-refractivity contribution in [3.63, 3.8) is 0 Å². The molecule has 1 aliphatic heterocycles. The summed E-state index contributed by atoms with van der Waals surface area (Å²) in [6, 6.07) is 0. The Kier molecular flexibility index (Phi) is 3.85. The minimum Gasteiger partial charge on any atom is -0.481 e. The molecule has 0 aromatic rings. The first-order valence-electron chi connectivity index (χ1n) is 4.30. The molecule has 0 aromatic carbocycles. The van der Waals surface area contributed by atoms with Crippen molar-refractivity contribution in [1.29, 1.82) is 0 Å². The molecule has 1 N–H and O–H groups in total. The van der Waals surface area contributed by atoms with E-state index in [0.29, 0.717) is 26.3 Å². The van der Waals surface area contributed by atoms with Crippen molar-refractivity contribution in [2.24, 2.45) is 0 Å². The fourth-order valence-corrected chi connectivity index (χ4v) is 2.57. The summed E-state index contributed by atoms with van der Waals surface area (Å²) in [7, 11) is -3.41. The van der Waals surface area contributed by atoms with E-state index in [1.807, 2.05) is 0 Å². The number of carboxylic acids is 1. The van der Waals surface area contributed by atoms with Crippen LogP contribution < -0.4 is 0 Å². The number of hydrogen-bond donors (Lipinski definition) is 1. The summed E-state index contributed by atoms with van der Waals surface area (Å²) in [5.74, 6) is -1.43. The second-order valence-corrected chi connectivity index (χ2v) is 5.06. The third-order valence-corrected chi connectivity index (χ3v) is 3.81. The highest BCUT2D eigenvalue weighted by molar-refractivity contribution is 7.89. The number of hydrogen-bond acceptors (Lipinski definition) is 4. The van der Waals surface area contributed by atoms with Crippen LogP contribution in [-0.4, -0.2) is 55.9 Å². The quantitative estimate of drug-likeness (QED) is 0.669. The number of aliphatic carboxylic acids is 1. The first-order valence-corrected chi connectivity index (χ1v) is 5.90. The van der Waals surface area contributed by atoms with Crippen molar-refractivity contribution in [1.82, 2.24) is 4.31 Å². The predicted molar refractivity (Wildman–Crippen MR) is 48.4 cm³/mol. The van der Waals surface area contributed by atoms with Gasteiger partial charge in [-0.1, -0.05) is 0 Å². The van der Waals surface area contributed by atoms with Gasteiger partial charge in [-0.25, -0.2) is 8.42 Å². The molecule has 82 valence electrons. The van der Waals surface area contributed by atoms with Crippen LogP contribution in [0.15, 0.2) is 0 Å². The Hall–Kier alpha value is -0.660. The maximum atomic E-state index is 11.5. The first kappa shape index (κ1) is 11.4. The van der Waals surface area contributed by atoms with Crippen LogP contribution in [0.2, 0.25) is 0 Å². The molecular weight excluding hydrogens is 210 g/mol. The number of nitrogens with zero attached hydrogens (tertiary/aromatic N) is 1. The first-order chi connectivity index (χ1) is 6.52. The minimum absolute atomic E-state index is 0.321. The smallest absolute Gasteiger partial charge is 0.304 e. The fourth-order valence-electron chi connectivity index (χ4n) is 1.17. The van der Waals surface area contributed by atoms with E-state index in [0.717, 1.165) is 0 Å². The van der Waals surface area contributed by atoms with Crippen molar-refractivity contribution >= 4 is 16.0 Å². The summed E-state index contributed by atoms with van der Waals surface area (Å²) in [5, 5.41) is 8.37. The van der Waals surface area contributed by atoms with Gasteiger partial charge in [0, 0.05) is 13.1 Å². The van der Waals surface area contributed by atoms with Crippen molar-refractivity contribution in [2.75, 3.05) is 32.1 Å². The molecule has 1 heterocycles. The highest BCUT2D eigenvalue weighted by Gasteiger charge is 2.24. The SMILES string of the molecule is O=C(O)CCS(=O)(=O)N1CCOCC1. The molecule has 1 aliphatic rings. The third-order valence-electron chi connectivity index (χ3n) is 1.94. The third kappa shape index (κ3) is 3.24. The number of morpholine rings is 1. The van der Waals surface area contributed by atoms with Crippen LogP contribution in [0, 0.1) is 0 Å². The van der Waals surface area contributed by atoms with Gasteiger partial charge in [0.15, 0.2) is 0 Å². The van der Waals surface area contributed by atoms with E-state index in [1.54, 1.807) is 0 Å². The number of carboxylic acid groups (broad SMARTS) is 1. The maximum absolute atomic E-state index is 11.5.